The summed E-state index contributed by atoms with van der Waals surface area (Å²) in [5, 5.41) is 0. The summed E-state index contributed by atoms with van der Waals surface area (Å²) in [5.74, 6) is 0. The van der Waals surface area contributed by atoms with Gasteiger partial charge in [0.05, 0.1) is 5.69 Å². The van der Waals surface area contributed by atoms with Crippen LogP contribution >= 0.6 is 15.9 Å². The lowest BCUT2D eigenvalue weighted by Crippen LogP contribution is -2.11. The number of halogens is 1. The molecule has 2 rings (SSSR count). The molecule has 0 amide bonds. The normalized spacial score (nSPS) is 10.4. The maximum atomic E-state index is 5.77. The summed E-state index contributed by atoms with van der Waals surface area (Å²) < 4.78 is 1.00. The number of nitrogens with two attached hydrogens (primary N) is 1. The zero-order valence-corrected chi connectivity index (χ0v) is 12.5. The van der Waals surface area contributed by atoms with E-state index in [0.29, 0.717) is 0 Å². The highest BCUT2D eigenvalue weighted by Gasteiger charge is 2.10. The minimum atomic E-state index is 0.764. The van der Waals surface area contributed by atoms with E-state index in [-0.39, 0.29) is 0 Å². The lowest BCUT2D eigenvalue weighted by Gasteiger charge is -2.23. The number of nitrogen functional groups attached to an aromatic ring is 1. The van der Waals surface area contributed by atoms with Gasteiger partial charge in [-0.3, -0.25) is 0 Å². The number of nitrogens with zero attached hydrogens (tertiary/aromatic N) is 1. The Morgan fingerprint density at radius 1 is 1.00 bits per heavy atom. The van der Waals surface area contributed by atoms with E-state index in [2.05, 4.69) is 59.9 Å². The Morgan fingerprint density at radius 3 is 2.28 bits per heavy atom. The van der Waals surface area contributed by atoms with Crippen molar-refractivity contribution in [1.29, 1.82) is 0 Å². The van der Waals surface area contributed by atoms with E-state index in [1.54, 1.807) is 0 Å². The summed E-state index contributed by atoms with van der Waals surface area (Å²) in [6, 6.07) is 12.3. The first kappa shape index (κ1) is 13.0. The van der Waals surface area contributed by atoms with Crippen LogP contribution in [0.2, 0.25) is 0 Å². The summed E-state index contributed by atoms with van der Waals surface area (Å²) in [6.07, 6.45) is 0. The first-order chi connectivity index (χ1) is 8.49. The molecule has 0 saturated heterocycles. The van der Waals surface area contributed by atoms with E-state index in [4.69, 9.17) is 5.73 Å². The molecule has 0 saturated carbocycles. The number of anilines is 3. The van der Waals surface area contributed by atoms with Gasteiger partial charge in [-0.2, -0.15) is 0 Å². The van der Waals surface area contributed by atoms with E-state index in [0.717, 1.165) is 15.8 Å². The van der Waals surface area contributed by atoms with Gasteiger partial charge >= 0.3 is 0 Å². The molecule has 94 valence electrons. The van der Waals surface area contributed by atoms with Gasteiger partial charge in [0.15, 0.2) is 0 Å². The minimum Gasteiger partial charge on any atom is -0.399 e. The van der Waals surface area contributed by atoms with Gasteiger partial charge in [-0.1, -0.05) is 17.7 Å². The van der Waals surface area contributed by atoms with Crippen LogP contribution in [0, 0.1) is 13.8 Å². The van der Waals surface area contributed by atoms with Crippen molar-refractivity contribution in [2.24, 2.45) is 0 Å². The average molecular weight is 305 g/mol. The fourth-order valence-electron chi connectivity index (χ4n) is 2.11. The van der Waals surface area contributed by atoms with Gasteiger partial charge in [-0.25, -0.2) is 0 Å². The van der Waals surface area contributed by atoms with Crippen LogP contribution in [0.15, 0.2) is 40.9 Å². The molecule has 2 N–H and O–H groups in total. The summed E-state index contributed by atoms with van der Waals surface area (Å²) in [7, 11) is 2.06. The van der Waals surface area contributed by atoms with Gasteiger partial charge < -0.3 is 10.6 Å². The van der Waals surface area contributed by atoms with Crippen molar-refractivity contribution in [3.63, 3.8) is 0 Å². The fourth-order valence-corrected chi connectivity index (χ4v) is 2.77. The largest absolute Gasteiger partial charge is 0.399 e. The monoisotopic (exact) mass is 304 g/mol. The molecule has 2 aromatic rings. The molecule has 0 spiro atoms. The maximum absolute atomic E-state index is 5.77. The molecule has 0 aliphatic carbocycles. The highest BCUT2D eigenvalue weighted by Crippen LogP contribution is 2.33. The molecule has 0 unspecified atom stereocenters. The van der Waals surface area contributed by atoms with Crippen molar-refractivity contribution < 1.29 is 0 Å². The van der Waals surface area contributed by atoms with Crippen molar-refractivity contribution >= 4 is 33.0 Å². The molecule has 2 aromatic carbocycles. The second-order valence-corrected chi connectivity index (χ2v) is 5.41. The highest BCUT2D eigenvalue weighted by molar-refractivity contribution is 9.10. The Labute approximate surface area is 117 Å². The summed E-state index contributed by atoms with van der Waals surface area (Å²) >= 11 is 3.56. The van der Waals surface area contributed by atoms with E-state index in [1.807, 2.05) is 18.2 Å². The molecule has 0 fully saturated rings. The zero-order chi connectivity index (χ0) is 13.3. The third-order valence-electron chi connectivity index (χ3n) is 3.05. The molecule has 0 heterocycles. The lowest BCUT2D eigenvalue weighted by atomic mass is 10.1. The second kappa shape index (κ2) is 5.02. The molecule has 0 radical (unpaired) electrons. The standard InChI is InChI=1S/C15H17BrN2/c1-10-4-6-14(11(2)8-10)18(3)15-7-5-12(17)9-13(15)16/h4-9H,17H2,1-3H3. The number of hydrogen-bond donors (Lipinski definition) is 1. The molecular formula is C15H17BrN2. The van der Waals surface area contributed by atoms with Crippen LogP contribution in [0.5, 0.6) is 0 Å². The molecule has 0 atom stereocenters. The first-order valence-electron chi connectivity index (χ1n) is 5.85. The van der Waals surface area contributed by atoms with Crippen LogP contribution in [0.4, 0.5) is 17.1 Å². The van der Waals surface area contributed by atoms with Crippen LogP contribution < -0.4 is 10.6 Å². The SMILES string of the molecule is Cc1ccc(N(C)c2ccc(N)cc2Br)c(C)c1. The molecule has 18 heavy (non-hydrogen) atoms. The van der Waals surface area contributed by atoms with Crippen molar-refractivity contribution in [2.45, 2.75) is 13.8 Å². The molecular weight excluding hydrogens is 288 g/mol. The Kier molecular flexibility index (Phi) is 3.62. The third-order valence-corrected chi connectivity index (χ3v) is 3.68. The van der Waals surface area contributed by atoms with Crippen LogP contribution in [0.25, 0.3) is 0 Å². The van der Waals surface area contributed by atoms with Crippen molar-refractivity contribution in [3.8, 4) is 0 Å². The van der Waals surface area contributed by atoms with Crippen molar-refractivity contribution in [1.82, 2.24) is 0 Å². The summed E-state index contributed by atoms with van der Waals surface area (Å²) in [5.41, 5.74) is 11.4. The minimum absolute atomic E-state index is 0.764. The van der Waals surface area contributed by atoms with Crippen LogP contribution in [0.3, 0.4) is 0 Å². The van der Waals surface area contributed by atoms with Gasteiger partial charge in [0.2, 0.25) is 0 Å². The lowest BCUT2D eigenvalue weighted by molar-refractivity contribution is 1.17. The second-order valence-electron chi connectivity index (χ2n) is 4.56. The summed E-state index contributed by atoms with van der Waals surface area (Å²) in [6.45, 7) is 4.24. The van der Waals surface area contributed by atoms with Crippen LogP contribution in [-0.4, -0.2) is 7.05 Å². The van der Waals surface area contributed by atoms with Crippen molar-refractivity contribution in [2.75, 3.05) is 17.7 Å². The van der Waals surface area contributed by atoms with Crippen LogP contribution in [0.1, 0.15) is 11.1 Å². The molecule has 3 heteroatoms. The highest BCUT2D eigenvalue weighted by atomic mass is 79.9. The van der Waals surface area contributed by atoms with Gasteiger partial charge in [0.25, 0.3) is 0 Å². The maximum Gasteiger partial charge on any atom is 0.0554 e. The van der Waals surface area contributed by atoms with E-state index in [9.17, 15) is 0 Å². The molecule has 2 nitrogen and oxygen atoms in total. The predicted molar refractivity (Wildman–Crippen MR) is 82.5 cm³/mol. The number of rotatable bonds is 2. The number of aryl methyl sites for hydroxylation is 2. The Morgan fingerprint density at radius 2 is 1.67 bits per heavy atom. The predicted octanol–water partition coefficient (Wildman–Crippen LogP) is 4.42. The summed E-state index contributed by atoms with van der Waals surface area (Å²) in [4.78, 5) is 2.16. The van der Waals surface area contributed by atoms with Crippen LogP contribution in [-0.2, 0) is 0 Å². The average Bonchev–Trinajstić information content (AvgIpc) is 2.28. The first-order valence-corrected chi connectivity index (χ1v) is 6.64. The zero-order valence-electron chi connectivity index (χ0n) is 10.9. The molecule has 0 aliphatic rings. The Balaban J connectivity index is 2.44. The topological polar surface area (TPSA) is 29.3 Å². The van der Waals surface area contributed by atoms with Gasteiger partial charge in [0.1, 0.15) is 0 Å². The van der Waals surface area contributed by atoms with E-state index in [1.165, 1.54) is 16.8 Å². The van der Waals surface area contributed by atoms with Gasteiger partial charge in [-0.15, -0.1) is 0 Å². The number of hydrogen-bond acceptors (Lipinski definition) is 2. The Hall–Kier alpha value is -1.48. The van der Waals surface area contributed by atoms with E-state index < -0.39 is 0 Å². The molecule has 0 aromatic heterocycles. The molecule has 0 aliphatic heterocycles. The number of benzene rings is 2. The quantitative estimate of drug-likeness (QED) is 0.832. The van der Waals surface area contributed by atoms with Gasteiger partial charge in [0, 0.05) is 22.9 Å². The smallest absolute Gasteiger partial charge is 0.0554 e. The van der Waals surface area contributed by atoms with Crippen molar-refractivity contribution in [3.05, 3.63) is 52.0 Å². The van der Waals surface area contributed by atoms with E-state index >= 15 is 0 Å². The van der Waals surface area contributed by atoms with Gasteiger partial charge in [-0.05, 0) is 59.6 Å². The third kappa shape index (κ3) is 2.51. The molecule has 0 bridgehead atoms. The fraction of sp³-hybridized carbons (Fsp3) is 0.200. The Bertz CT molecular complexity index is 527.